The van der Waals surface area contributed by atoms with Gasteiger partial charge in [0.05, 0.1) is 19.8 Å². The van der Waals surface area contributed by atoms with Crippen LogP contribution in [-0.2, 0) is 9.53 Å². The van der Waals surface area contributed by atoms with Crippen molar-refractivity contribution >= 4 is 17.7 Å². The molecule has 2 N–H and O–H groups in total. The molecule has 0 unspecified atom stereocenters. The van der Waals surface area contributed by atoms with Gasteiger partial charge in [-0.15, -0.1) is 11.8 Å². The molecule has 0 bridgehead atoms. The normalized spacial score (nSPS) is 13.4. The second-order valence-corrected chi connectivity index (χ2v) is 6.52. The Balaban J connectivity index is 1.61. The van der Waals surface area contributed by atoms with Crippen molar-refractivity contribution in [3.05, 3.63) is 18.2 Å². The maximum absolute atomic E-state index is 11.8. The first-order chi connectivity index (χ1) is 11.8. The first-order valence-electron chi connectivity index (χ1n) is 8.28. The third-order valence-corrected chi connectivity index (χ3v) is 4.42. The molecule has 0 radical (unpaired) electrons. The second kappa shape index (κ2) is 11.2. The molecule has 0 saturated heterocycles. The van der Waals surface area contributed by atoms with E-state index in [-0.39, 0.29) is 5.91 Å². The molecule has 0 saturated carbocycles. The number of hydrogen-bond acceptors (Lipinski definition) is 6. The third-order valence-electron chi connectivity index (χ3n) is 3.42. The average Bonchev–Trinajstić information content (AvgIpc) is 2.83. The molecule has 0 aliphatic carbocycles. The van der Waals surface area contributed by atoms with Gasteiger partial charge in [-0.1, -0.05) is 0 Å². The van der Waals surface area contributed by atoms with Crippen LogP contribution in [0.15, 0.2) is 23.1 Å². The number of methoxy groups -OCH3 is 1. The van der Waals surface area contributed by atoms with E-state index in [0.717, 1.165) is 41.7 Å². The fourth-order valence-corrected chi connectivity index (χ4v) is 3.05. The maximum Gasteiger partial charge on any atom is 0.220 e. The van der Waals surface area contributed by atoms with Gasteiger partial charge < -0.3 is 24.8 Å². The number of fused-ring (bicyclic) bond motifs is 1. The van der Waals surface area contributed by atoms with Crippen molar-refractivity contribution in [1.82, 2.24) is 10.6 Å². The van der Waals surface area contributed by atoms with Gasteiger partial charge in [0.1, 0.15) is 0 Å². The molecule has 1 amide bonds. The summed E-state index contributed by atoms with van der Waals surface area (Å²) in [6.45, 7) is 4.25. The smallest absolute Gasteiger partial charge is 0.220 e. The summed E-state index contributed by atoms with van der Waals surface area (Å²) < 4.78 is 16.2. The Morgan fingerprint density at radius 1 is 1.21 bits per heavy atom. The van der Waals surface area contributed by atoms with Crippen LogP contribution < -0.4 is 20.1 Å². The maximum atomic E-state index is 11.8. The highest BCUT2D eigenvalue weighted by Gasteiger charge is 2.11. The summed E-state index contributed by atoms with van der Waals surface area (Å²) in [7, 11) is 1.67. The topological polar surface area (TPSA) is 68.8 Å². The van der Waals surface area contributed by atoms with Crippen molar-refractivity contribution in [3.8, 4) is 11.5 Å². The molecular weight excluding hydrogens is 328 g/mol. The van der Waals surface area contributed by atoms with Gasteiger partial charge in [0, 0.05) is 50.2 Å². The van der Waals surface area contributed by atoms with E-state index in [4.69, 9.17) is 14.2 Å². The molecule has 134 valence electrons. The van der Waals surface area contributed by atoms with E-state index >= 15 is 0 Å². The summed E-state index contributed by atoms with van der Waals surface area (Å²) in [5.74, 6) is 2.41. The second-order valence-electron chi connectivity index (χ2n) is 5.35. The Labute approximate surface area is 147 Å². The highest BCUT2D eigenvalue weighted by atomic mass is 32.2. The Hall–Kier alpha value is -1.44. The highest BCUT2D eigenvalue weighted by Crippen LogP contribution is 2.33. The Morgan fingerprint density at radius 2 is 2.04 bits per heavy atom. The van der Waals surface area contributed by atoms with Crippen LogP contribution >= 0.6 is 11.8 Å². The van der Waals surface area contributed by atoms with E-state index in [9.17, 15) is 4.79 Å². The molecule has 1 aromatic carbocycles. The van der Waals surface area contributed by atoms with E-state index in [0.29, 0.717) is 32.8 Å². The Bertz CT molecular complexity index is 513. The zero-order valence-corrected chi connectivity index (χ0v) is 15.0. The molecule has 0 fully saturated rings. The van der Waals surface area contributed by atoms with E-state index in [1.54, 1.807) is 18.9 Å². The predicted octanol–water partition coefficient (Wildman–Crippen LogP) is 1.68. The minimum atomic E-state index is 0.0744. The Kier molecular flexibility index (Phi) is 8.80. The fourth-order valence-electron chi connectivity index (χ4n) is 2.17. The number of rotatable bonds is 10. The summed E-state index contributed by atoms with van der Waals surface area (Å²) in [5, 5.41) is 6.09. The molecular formula is C17H26N2O4S. The minimum Gasteiger partial charge on any atom is -0.490 e. The van der Waals surface area contributed by atoms with E-state index in [1.807, 2.05) is 18.2 Å². The lowest BCUT2D eigenvalue weighted by atomic mass is 10.3. The van der Waals surface area contributed by atoms with Gasteiger partial charge >= 0.3 is 0 Å². The minimum absolute atomic E-state index is 0.0744. The molecule has 0 spiro atoms. The lowest BCUT2D eigenvalue weighted by molar-refractivity contribution is -0.120. The number of carbonyl (C=O) groups excluding carboxylic acids is 1. The summed E-state index contributed by atoms with van der Waals surface area (Å²) in [5.41, 5.74) is 0. The number of nitrogens with one attached hydrogen (secondary N) is 2. The Morgan fingerprint density at radius 3 is 2.88 bits per heavy atom. The largest absolute Gasteiger partial charge is 0.490 e. The van der Waals surface area contributed by atoms with Crippen molar-refractivity contribution in [2.24, 2.45) is 0 Å². The zero-order valence-electron chi connectivity index (χ0n) is 14.1. The van der Waals surface area contributed by atoms with Gasteiger partial charge in [-0.05, 0) is 18.2 Å². The zero-order chi connectivity index (χ0) is 17.0. The van der Waals surface area contributed by atoms with Crippen LogP contribution in [0.2, 0.25) is 0 Å². The molecule has 0 aromatic heterocycles. The molecule has 1 aliphatic heterocycles. The molecule has 0 atom stereocenters. The molecule has 7 heteroatoms. The van der Waals surface area contributed by atoms with Crippen LogP contribution in [0, 0.1) is 0 Å². The van der Waals surface area contributed by atoms with Gasteiger partial charge in [0.2, 0.25) is 5.91 Å². The van der Waals surface area contributed by atoms with Crippen molar-refractivity contribution < 1.29 is 19.0 Å². The van der Waals surface area contributed by atoms with Gasteiger partial charge in [0.15, 0.2) is 11.5 Å². The van der Waals surface area contributed by atoms with Crippen molar-refractivity contribution in [1.29, 1.82) is 0 Å². The van der Waals surface area contributed by atoms with Crippen LogP contribution in [-0.4, -0.2) is 58.2 Å². The summed E-state index contributed by atoms with van der Waals surface area (Å²) in [6, 6.07) is 5.94. The highest BCUT2D eigenvalue weighted by molar-refractivity contribution is 7.99. The van der Waals surface area contributed by atoms with Crippen molar-refractivity contribution in [3.63, 3.8) is 0 Å². The van der Waals surface area contributed by atoms with Crippen LogP contribution in [0.4, 0.5) is 0 Å². The monoisotopic (exact) mass is 354 g/mol. The van der Waals surface area contributed by atoms with E-state index in [2.05, 4.69) is 10.6 Å². The SMILES string of the molecule is COCCNCCNC(=O)CCSc1ccc2c(c1)OCCCO2. The average molecular weight is 354 g/mol. The van der Waals surface area contributed by atoms with E-state index in [1.165, 1.54) is 0 Å². The summed E-state index contributed by atoms with van der Waals surface area (Å²) in [4.78, 5) is 12.9. The summed E-state index contributed by atoms with van der Waals surface area (Å²) >= 11 is 1.65. The summed E-state index contributed by atoms with van der Waals surface area (Å²) in [6.07, 6.45) is 1.40. The van der Waals surface area contributed by atoms with Gasteiger partial charge in [-0.3, -0.25) is 4.79 Å². The quantitative estimate of drug-likeness (QED) is 0.492. The van der Waals surface area contributed by atoms with Gasteiger partial charge in [-0.25, -0.2) is 0 Å². The van der Waals surface area contributed by atoms with Gasteiger partial charge in [-0.2, -0.15) is 0 Å². The van der Waals surface area contributed by atoms with Crippen LogP contribution in [0.3, 0.4) is 0 Å². The van der Waals surface area contributed by atoms with E-state index < -0.39 is 0 Å². The molecule has 2 rings (SSSR count). The van der Waals surface area contributed by atoms with Gasteiger partial charge in [0.25, 0.3) is 0 Å². The standard InChI is InChI=1S/C17H26N2O4S/c1-21-11-8-18-6-7-19-17(20)5-12-24-14-3-4-15-16(13-14)23-10-2-9-22-15/h3-4,13,18H,2,5-12H2,1H3,(H,19,20). The number of thioether (sulfide) groups is 1. The number of benzene rings is 1. The van der Waals surface area contributed by atoms with Crippen molar-refractivity contribution in [2.45, 2.75) is 17.7 Å². The number of amides is 1. The molecule has 1 aromatic rings. The molecule has 6 nitrogen and oxygen atoms in total. The van der Waals surface area contributed by atoms with Crippen LogP contribution in [0.25, 0.3) is 0 Å². The van der Waals surface area contributed by atoms with Crippen molar-refractivity contribution in [2.75, 3.05) is 52.3 Å². The lowest BCUT2D eigenvalue weighted by Crippen LogP contribution is -2.33. The molecule has 1 heterocycles. The number of ether oxygens (including phenoxy) is 3. The third kappa shape index (κ3) is 6.98. The van der Waals surface area contributed by atoms with Crippen LogP contribution in [0.1, 0.15) is 12.8 Å². The molecule has 1 aliphatic rings. The fraction of sp³-hybridized carbons (Fsp3) is 0.588. The first kappa shape index (κ1) is 18.9. The first-order valence-corrected chi connectivity index (χ1v) is 9.27. The lowest BCUT2D eigenvalue weighted by Gasteiger charge is -2.09. The molecule has 24 heavy (non-hydrogen) atoms. The number of carbonyl (C=O) groups is 1. The number of hydrogen-bond donors (Lipinski definition) is 2. The predicted molar refractivity (Wildman–Crippen MR) is 95.1 cm³/mol. The van der Waals surface area contributed by atoms with Crippen LogP contribution in [0.5, 0.6) is 11.5 Å².